The molecule has 0 bridgehead atoms. The van der Waals surface area contributed by atoms with E-state index in [1.54, 1.807) is 0 Å². The van der Waals surface area contributed by atoms with Crippen molar-refractivity contribution in [2.45, 2.75) is 13.3 Å². The Bertz CT molecular complexity index is 535. The first-order valence-corrected chi connectivity index (χ1v) is 5.96. The average molecular weight is 224 g/mol. The predicted octanol–water partition coefficient (Wildman–Crippen LogP) is 3.80. The number of anilines is 1. The van der Waals surface area contributed by atoms with E-state index in [1.807, 2.05) is 25.1 Å². The molecule has 1 unspecified atom stereocenters. The first kappa shape index (κ1) is 11.5. The Morgan fingerprint density at radius 3 is 2.71 bits per heavy atom. The van der Waals surface area contributed by atoms with Gasteiger partial charge in [0, 0.05) is 17.6 Å². The molecule has 0 aromatic heterocycles. The summed E-state index contributed by atoms with van der Waals surface area (Å²) < 4.78 is 0. The van der Waals surface area contributed by atoms with Crippen molar-refractivity contribution in [2.75, 3.05) is 11.9 Å². The first-order valence-electron chi connectivity index (χ1n) is 5.96. The lowest BCUT2D eigenvalue weighted by Crippen LogP contribution is -2.11. The molecule has 0 heterocycles. The number of benzene rings is 2. The number of nitriles is 1. The Labute approximate surface area is 102 Å². The van der Waals surface area contributed by atoms with Gasteiger partial charge in [-0.25, -0.2) is 0 Å². The maximum absolute atomic E-state index is 8.93. The van der Waals surface area contributed by atoms with Gasteiger partial charge in [0.25, 0.3) is 0 Å². The highest BCUT2D eigenvalue weighted by Crippen LogP contribution is 2.23. The third-order valence-corrected chi connectivity index (χ3v) is 3.00. The Kier molecular flexibility index (Phi) is 3.62. The SMILES string of the molecule is CCC(C#N)CNc1cccc2ccccc12. The molecule has 2 nitrogen and oxygen atoms in total. The van der Waals surface area contributed by atoms with Crippen molar-refractivity contribution >= 4 is 16.5 Å². The summed E-state index contributed by atoms with van der Waals surface area (Å²) in [5.41, 5.74) is 1.11. The maximum atomic E-state index is 8.93. The minimum atomic E-state index is 0.0777. The van der Waals surface area contributed by atoms with Crippen LogP contribution in [0.25, 0.3) is 10.8 Å². The molecule has 0 fully saturated rings. The van der Waals surface area contributed by atoms with Gasteiger partial charge >= 0.3 is 0 Å². The van der Waals surface area contributed by atoms with E-state index in [2.05, 4.69) is 35.7 Å². The molecule has 0 spiro atoms. The molecule has 17 heavy (non-hydrogen) atoms. The molecule has 0 aliphatic carbocycles. The second-order valence-electron chi connectivity index (χ2n) is 4.14. The first-order chi connectivity index (χ1) is 8.35. The summed E-state index contributed by atoms with van der Waals surface area (Å²) in [7, 11) is 0. The zero-order valence-electron chi connectivity index (χ0n) is 9.98. The molecular formula is C15H16N2. The van der Waals surface area contributed by atoms with Crippen LogP contribution in [0.15, 0.2) is 42.5 Å². The van der Waals surface area contributed by atoms with E-state index in [4.69, 9.17) is 5.26 Å². The smallest absolute Gasteiger partial charge is 0.0674 e. The normalized spacial score (nSPS) is 12.0. The fraction of sp³-hybridized carbons (Fsp3) is 0.267. The van der Waals surface area contributed by atoms with Gasteiger partial charge in [-0.3, -0.25) is 0 Å². The zero-order chi connectivity index (χ0) is 12.1. The number of hydrogen-bond donors (Lipinski definition) is 1. The maximum Gasteiger partial charge on any atom is 0.0674 e. The fourth-order valence-electron chi connectivity index (χ4n) is 1.89. The van der Waals surface area contributed by atoms with Crippen LogP contribution in [0.5, 0.6) is 0 Å². The summed E-state index contributed by atoms with van der Waals surface area (Å²) in [6.07, 6.45) is 0.883. The number of fused-ring (bicyclic) bond motifs is 1. The van der Waals surface area contributed by atoms with Crippen LogP contribution < -0.4 is 5.32 Å². The van der Waals surface area contributed by atoms with Crippen LogP contribution in [0.2, 0.25) is 0 Å². The molecule has 1 N–H and O–H groups in total. The Morgan fingerprint density at radius 2 is 1.94 bits per heavy atom. The van der Waals surface area contributed by atoms with E-state index in [0.717, 1.165) is 12.1 Å². The molecule has 0 amide bonds. The third kappa shape index (κ3) is 2.57. The van der Waals surface area contributed by atoms with Crippen LogP contribution in [-0.4, -0.2) is 6.54 Å². The summed E-state index contributed by atoms with van der Waals surface area (Å²) in [6.45, 7) is 2.75. The van der Waals surface area contributed by atoms with Crippen molar-refractivity contribution in [3.05, 3.63) is 42.5 Å². The van der Waals surface area contributed by atoms with E-state index < -0.39 is 0 Å². The van der Waals surface area contributed by atoms with Crippen LogP contribution in [-0.2, 0) is 0 Å². The van der Waals surface area contributed by atoms with Gasteiger partial charge in [-0.05, 0) is 17.9 Å². The number of nitrogens with zero attached hydrogens (tertiary/aromatic N) is 1. The molecule has 1 atom stereocenters. The molecular weight excluding hydrogens is 208 g/mol. The minimum absolute atomic E-state index is 0.0777. The summed E-state index contributed by atoms with van der Waals surface area (Å²) in [5, 5.41) is 14.7. The number of nitrogens with one attached hydrogen (secondary N) is 1. The van der Waals surface area contributed by atoms with Gasteiger partial charge in [0.1, 0.15) is 0 Å². The van der Waals surface area contributed by atoms with Crippen molar-refractivity contribution in [1.82, 2.24) is 0 Å². The average Bonchev–Trinajstić information content (AvgIpc) is 2.40. The molecule has 0 aliphatic rings. The summed E-state index contributed by atoms with van der Waals surface area (Å²) in [6, 6.07) is 16.8. The third-order valence-electron chi connectivity index (χ3n) is 3.00. The molecule has 2 rings (SSSR count). The van der Waals surface area contributed by atoms with E-state index in [9.17, 15) is 0 Å². The second kappa shape index (κ2) is 5.36. The highest BCUT2D eigenvalue weighted by molar-refractivity contribution is 5.93. The van der Waals surface area contributed by atoms with Crippen LogP contribution in [0.3, 0.4) is 0 Å². The minimum Gasteiger partial charge on any atom is -0.383 e. The largest absolute Gasteiger partial charge is 0.383 e. The van der Waals surface area contributed by atoms with Gasteiger partial charge in [0.15, 0.2) is 0 Å². The summed E-state index contributed by atoms with van der Waals surface area (Å²) >= 11 is 0. The molecule has 2 heteroatoms. The quantitative estimate of drug-likeness (QED) is 0.857. The van der Waals surface area contributed by atoms with Gasteiger partial charge in [-0.15, -0.1) is 0 Å². The number of hydrogen-bond acceptors (Lipinski definition) is 2. The molecule has 2 aromatic carbocycles. The number of rotatable bonds is 4. The lowest BCUT2D eigenvalue weighted by atomic mass is 10.1. The fourth-order valence-corrected chi connectivity index (χ4v) is 1.89. The highest BCUT2D eigenvalue weighted by atomic mass is 14.9. The van der Waals surface area contributed by atoms with Gasteiger partial charge in [0.05, 0.1) is 12.0 Å². The van der Waals surface area contributed by atoms with Crippen molar-refractivity contribution in [3.8, 4) is 6.07 Å². The molecule has 0 saturated heterocycles. The Hall–Kier alpha value is -2.01. The second-order valence-corrected chi connectivity index (χ2v) is 4.14. The van der Waals surface area contributed by atoms with Crippen molar-refractivity contribution < 1.29 is 0 Å². The van der Waals surface area contributed by atoms with Crippen molar-refractivity contribution in [3.63, 3.8) is 0 Å². The molecule has 0 saturated carbocycles. The van der Waals surface area contributed by atoms with Crippen LogP contribution >= 0.6 is 0 Å². The summed E-state index contributed by atoms with van der Waals surface area (Å²) in [5.74, 6) is 0.0777. The van der Waals surface area contributed by atoms with Crippen molar-refractivity contribution in [1.29, 1.82) is 5.26 Å². The zero-order valence-corrected chi connectivity index (χ0v) is 9.98. The van der Waals surface area contributed by atoms with Crippen molar-refractivity contribution in [2.24, 2.45) is 5.92 Å². The van der Waals surface area contributed by atoms with Crippen LogP contribution in [0.1, 0.15) is 13.3 Å². The van der Waals surface area contributed by atoms with Gasteiger partial charge in [-0.2, -0.15) is 5.26 Å². The van der Waals surface area contributed by atoms with E-state index >= 15 is 0 Å². The Balaban J connectivity index is 2.22. The monoisotopic (exact) mass is 224 g/mol. The van der Waals surface area contributed by atoms with Crippen LogP contribution in [0, 0.1) is 17.2 Å². The summed E-state index contributed by atoms with van der Waals surface area (Å²) in [4.78, 5) is 0. The van der Waals surface area contributed by atoms with Crippen LogP contribution in [0.4, 0.5) is 5.69 Å². The lowest BCUT2D eigenvalue weighted by molar-refractivity contribution is 0.674. The highest BCUT2D eigenvalue weighted by Gasteiger charge is 2.05. The molecule has 0 radical (unpaired) electrons. The van der Waals surface area contributed by atoms with Gasteiger partial charge in [0.2, 0.25) is 0 Å². The Morgan fingerprint density at radius 1 is 1.18 bits per heavy atom. The molecule has 2 aromatic rings. The standard InChI is InChI=1S/C15H16N2/c1-2-12(10-16)11-17-15-9-5-7-13-6-3-4-8-14(13)15/h3-9,12,17H,2,11H2,1H3. The predicted molar refractivity (Wildman–Crippen MR) is 71.8 cm³/mol. The van der Waals surface area contributed by atoms with E-state index in [1.165, 1.54) is 10.8 Å². The van der Waals surface area contributed by atoms with Gasteiger partial charge < -0.3 is 5.32 Å². The molecule has 0 aliphatic heterocycles. The molecule has 86 valence electrons. The van der Waals surface area contributed by atoms with E-state index in [-0.39, 0.29) is 5.92 Å². The lowest BCUT2D eigenvalue weighted by Gasteiger charge is -2.11. The van der Waals surface area contributed by atoms with E-state index in [0.29, 0.717) is 6.54 Å². The topological polar surface area (TPSA) is 35.8 Å². The van der Waals surface area contributed by atoms with Gasteiger partial charge in [-0.1, -0.05) is 43.3 Å².